The number of amides is 1. The number of aryl methyl sites for hydroxylation is 1. The Hall–Kier alpha value is -3.74. The number of aromatic nitrogens is 2. The summed E-state index contributed by atoms with van der Waals surface area (Å²) in [6.07, 6.45) is 1.92. The van der Waals surface area contributed by atoms with Gasteiger partial charge >= 0.3 is 0 Å². The largest absolute Gasteiger partial charge is 0.493 e. The van der Waals surface area contributed by atoms with Gasteiger partial charge in [-0.05, 0) is 43.2 Å². The highest BCUT2D eigenvalue weighted by molar-refractivity contribution is 5.91. The van der Waals surface area contributed by atoms with E-state index in [-0.39, 0.29) is 23.5 Å². The van der Waals surface area contributed by atoms with Crippen LogP contribution in [0, 0.1) is 0 Å². The summed E-state index contributed by atoms with van der Waals surface area (Å²) in [5.74, 6) is 2.71. The number of imidazole rings is 1. The predicted octanol–water partition coefficient (Wildman–Crippen LogP) is 4.99. The highest BCUT2D eigenvalue weighted by Crippen LogP contribution is 2.33. The number of hydrogen-bond donors (Lipinski definition) is 0. The molecular formula is C25H25N3O4. The first kappa shape index (κ1) is 20.2. The molecule has 1 saturated heterocycles. The lowest BCUT2D eigenvalue weighted by Gasteiger charge is -2.31. The standard InChI is InChI=1S/C25H25N3O4/c1-27-19-10-4-3-9-18(19)26-24(27)17-8-7-15-28(16-17)25(29)22-13-14-23(32-22)31-21-12-6-5-11-20(21)30-2/h3-6,9-14,17H,7-8,15-16H2,1-2H3. The Bertz CT molecular complexity index is 1260. The number of ether oxygens (including phenoxy) is 2. The Balaban J connectivity index is 1.32. The van der Waals surface area contributed by atoms with Gasteiger partial charge in [0.15, 0.2) is 17.3 Å². The van der Waals surface area contributed by atoms with Gasteiger partial charge in [-0.2, -0.15) is 0 Å². The molecule has 164 valence electrons. The van der Waals surface area contributed by atoms with Crippen LogP contribution in [0.1, 0.15) is 35.1 Å². The van der Waals surface area contributed by atoms with Gasteiger partial charge in [0, 0.05) is 32.1 Å². The monoisotopic (exact) mass is 431 g/mol. The van der Waals surface area contributed by atoms with Crippen molar-refractivity contribution in [2.45, 2.75) is 18.8 Å². The average Bonchev–Trinajstić information content (AvgIpc) is 3.44. The molecule has 7 nitrogen and oxygen atoms in total. The van der Waals surface area contributed by atoms with E-state index in [1.807, 2.05) is 42.3 Å². The third kappa shape index (κ3) is 3.70. The molecule has 1 fully saturated rings. The fourth-order valence-corrected chi connectivity index (χ4v) is 4.36. The third-order valence-electron chi connectivity index (χ3n) is 5.97. The molecular weight excluding hydrogens is 406 g/mol. The number of carbonyl (C=O) groups excluding carboxylic acids is 1. The number of furan rings is 1. The molecule has 1 amide bonds. The molecule has 1 atom stereocenters. The van der Waals surface area contributed by atoms with Gasteiger partial charge in [-0.15, -0.1) is 0 Å². The number of carbonyl (C=O) groups is 1. The summed E-state index contributed by atoms with van der Waals surface area (Å²) in [5, 5.41) is 0. The smallest absolute Gasteiger partial charge is 0.290 e. The van der Waals surface area contributed by atoms with E-state index in [0.29, 0.717) is 24.6 Å². The van der Waals surface area contributed by atoms with Gasteiger partial charge in [-0.25, -0.2) is 4.98 Å². The summed E-state index contributed by atoms with van der Waals surface area (Å²) in [6, 6.07) is 18.7. The van der Waals surface area contributed by atoms with Gasteiger partial charge in [-0.1, -0.05) is 24.3 Å². The second kappa shape index (κ2) is 8.42. The van der Waals surface area contributed by atoms with Crippen LogP contribution in [0.5, 0.6) is 17.4 Å². The molecule has 2 aromatic carbocycles. The van der Waals surface area contributed by atoms with E-state index in [0.717, 1.165) is 29.7 Å². The first-order chi connectivity index (χ1) is 15.6. The number of nitrogens with zero attached hydrogens (tertiary/aromatic N) is 3. The zero-order valence-corrected chi connectivity index (χ0v) is 18.2. The molecule has 5 rings (SSSR count). The Morgan fingerprint density at radius 3 is 2.66 bits per heavy atom. The maximum absolute atomic E-state index is 13.1. The number of methoxy groups -OCH3 is 1. The number of para-hydroxylation sites is 4. The normalized spacial score (nSPS) is 16.3. The maximum Gasteiger partial charge on any atom is 0.290 e. The molecule has 3 heterocycles. The van der Waals surface area contributed by atoms with Crippen molar-refractivity contribution in [1.82, 2.24) is 14.5 Å². The van der Waals surface area contributed by atoms with Crippen LogP contribution in [0.15, 0.2) is 65.1 Å². The van der Waals surface area contributed by atoms with Gasteiger partial charge in [0.1, 0.15) is 5.82 Å². The average molecular weight is 431 g/mol. The second-order valence-corrected chi connectivity index (χ2v) is 7.98. The topological polar surface area (TPSA) is 69.7 Å². The summed E-state index contributed by atoms with van der Waals surface area (Å²) in [6.45, 7) is 1.31. The summed E-state index contributed by atoms with van der Waals surface area (Å²) in [5.41, 5.74) is 2.09. The molecule has 4 aromatic rings. The first-order valence-electron chi connectivity index (χ1n) is 10.8. The van der Waals surface area contributed by atoms with Gasteiger partial charge in [-0.3, -0.25) is 4.79 Å². The van der Waals surface area contributed by atoms with Crippen LogP contribution >= 0.6 is 0 Å². The lowest BCUT2D eigenvalue weighted by molar-refractivity contribution is 0.0666. The van der Waals surface area contributed by atoms with Crippen LogP contribution in [0.25, 0.3) is 11.0 Å². The van der Waals surface area contributed by atoms with Crippen molar-refractivity contribution in [2.24, 2.45) is 7.05 Å². The molecule has 1 aliphatic heterocycles. The van der Waals surface area contributed by atoms with Gasteiger partial charge in [0.05, 0.1) is 18.1 Å². The molecule has 0 saturated carbocycles. The molecule has 0 radical (unpaired) electrons. The number of rotatable bonds is 5. The van der Waals surface area contributed by atoms with Crippen molar-refractivity contribution in [3.63, 3.8) is 0 Å². The lowest BCUT2D eigenvalue weighted by Crippen LogP contribution is -2.39. The van der Waals surface area contributed by atoms with E-state index in [9.17, 15) is 4.79 Å². The second-order valence-electron chi connectivity index (χ2n) is 7.98. The zero-order chi connectivity index (χ0) is 22.1. The Kier molecular flexibility index (Phi) is 5.31. The number of benzene rings is 2. The van der Waals surface area contributed by atoms with Gasteiger partial charge in [0.2, 0.25) is 0 Å². The predicted molar refractivity (Wildman–Crippen MR) is 120 cm³/mol. The molecule has 2 aromatic heterocycles. The van der Waals surface area contributed by atoms with Crippen LogP contribution < -0.4 is 9.47 Å². The lowest BCUT2D eigenvalue weighted by atomic mass is 9.97. The Morgan fingerprint density at radius 2 is 1.84 bits per heavy atom. The molecule has 0 bridgehead atoms. The van der Waals surface area contributed by atoms with Crippen LogP contribution in [-0.4, -0.2) is 40.6 Å². The molecule has 32 heavy (non-hydrogen) atoms. The summed E-state index contributed by atoms with van der Waals surface area (Å²) in [7, 11) is 3.62. The van der Waals surface area contributed by atoms with E-state index in [1.54, 1.807) is 31.4 Å². The van der Waals surface area contributed by atoms with Crippen molar-refractivity contribution in [3.05, 3.63) is 72.2 Å². The number of fused-ring (bicyclic) bond motifs is 1. The third-order valence-corrected chi connectivity index (χ3v) is 5.97. The Morgan fingerprint density at radius 1 is 1.06 bits per heavy atom. The minimum absolute atomic E-state index is 0.136. The van der Waals surface area contributed by atoms with Gasteiger partial charge in [0.25, 0.3) is 11.9 Å². The van der Waals surface area contributed by atoms with E-state index in [1.165, 1.54) is 0 Å². The van der Waals surface area contributed by atoms with Crippen LogP contribution in [0.3, 0.4) is 0 Å². The van der Waals surface area contributed by atoms with E-state index < -0.39 is 0 Å². The zero-order valence-electron chi connectivity index (χ0n) is 18.2. The van der Waals surface area contributed by atoms with Crippen LogP contribution in [-0.2, 0) is 7.05 Å². The number of piperidine rings is 1. The first-order valence-corrected chi connectivity index (χ1v) is 10.8. The molecule has 1 aliphatic rings. The van der Waals surface area contributed by atoms with E-state index >= 15 is 0 Å². The van der Waals surface area contributed by atoms with Crippen LogP contribution in [0.4, 0.5) is 0 Å². The fraction of sp³-hybridized carbons (Fsp3) is 0.280. The highest BCUT2D eigenvalue weighted by atomic mass is 16.6. The maximum atomic E-state index is 13.1. The highest BCUT2D eigenvalue weighted by Gasteiger charge is 2.30. The summed E-state index contributed by atoms with van der Waals surface area (Å²) >= 11 is 0. The summed E-state index contributed by atoms with van der Waals surface area (Å²) < 4.78 is 18.9. The Labute approximate surface area is 186 Å². The quantitative estimate of drug-likeness (QED) is 0.445. The minimum Gasteiger partial charge on any atom is -0.493 e. The molecule has 0 spiro atoms. The van der Waals surface area contributed by atoms with Crippen molar-refractivity contribution in [2.75, 3.05) is 20.2 Å². The van der Waals surface area contributed by atoms with Crippen molar-refractivity contribution < 1.29 is 18.7 Å². The molecule has 7 heteroatoms. The SMILES string of the molecule is COc1ccccc1Oc1ccc(C(=O)N2CCCC(c3nc4ccccc4n3C)C2)o1. The van der Waals surface area contributed by atoms with Crippen LogP contribution in [0.2, 0.25) is 0 Å². The van der Waals surface area contributed by atoms with Crippen molar-refractivity contribution in [3.8, 4) is 17.4 Å². The minimum atomic E-state index is -0.136. The van der Waals surface area contributed by atoms with Crippen molar-refractivity contribution in [1.29, 1.82) is 0 Å². The summed E-state index contributed by atoms with van der Waals surface area (Å²) in [4.78, 5) is 19.8. The molecule has 1 unspecified atom stereocenters. The van der Waals surface area contributed by atoms with Crippen molar-refractivity contribution >= 4 is 16.9 Å². The van der Waals surface area contributed by atoms with E-state index in [2.05, 4.69) is 10.6 Å². The number of likely N-dealkylation sites (tertiary alicyclic amines) is 1. The molecule has 0 N–H and O–H groups in total. The van der Waals surface area contributed by atoms with Gasteiger partial charge < -0.3 is 23.4 Å². The number of hydrogen-bond acceptors (Lipinski definition) is 5. The van der Waals surface area contributed by atoms with E-state index in [4.69, 9.17) is 18.9 Å². The molecule has 0 aliphatic carbocycles. The fourth-order valence-electron chi connectivity index (χ4n) is 4.36.